The van der Waals surface area contributed by atoms with Crippen molar-refractivity contribution in [1.29, 1.82) is 0 Å². The lowest BCUT2D eigenvalue weighted by atomic mass is 10.1. The maximum atomic E-state index is 12.8. The Morgan fingerprint density at radius 3 is 2.50 bits per heavy atom. The number of nitrogens with one attached hydrogen (secondary N) is 1. The Hall–Kier alpha value is -3.69. The van der Waals surface area contributed by atoms with Crippen molar-refractivity contribution in [3.8, 4) is 17.1 Å². The molecule has 1 amide bonds. The number of carbonyl (C=O) groups excluding carboxylic acids is 1. The number of nitro groups is 1. The number of amides is 1. The van der Waals surface area contributed by atoms with Crippen molar-refractivity contribution in [2.75, 3.05) is 5.32 Å². The summed E-state index contributed by atoms with van der Waals surface area (Å²) in [4.78, 5) is 23.2. The van der Waals surface area contributed by atoms with Crippen LogP contribution in [0.1, 0.15) is 12.5 Å². The van der Waals surface area contributed by atoms with Gasteiger partial charge in [-0.2, -0.15) is 0 Å². The first kappa shape index (κ1) is 23.5. The quantitative estimate of drug-likeness (QED) is 0.194. The van der Waals surface area contributed by atoms with E-state index in [4.69, 9.17) is 11.6 Å². The van der Waals surface area contributed by atoms with E-state index >= 15 is 0 Å². The topological polar surface area (TPSA) is 103 Å². The average molecular weight is 494 g/mol. The van der Waals surface area contributed by atoms with E-state index in [2.05, 4.69) is 15.5 Å². The lowest BCUT2D eigenvalue weighted by Gasteiger charge is -2.14. The number of non-ortho nitro benzene ring substituents is 1. The van der Waals surface area contributed by atoms with Gasteiger partial charge in [0.1, 0.15) is 0 Å². The van der Waals surface area contributed by atoms with Crippen LogP contribution >= 0.6 is 23.4 Å². The van der Waals surface area contributed by atoms with Crippen LogP contribution in [0.25, 0.3) is 17.1 Å². The molecule has 34 heavy (non-hydrogen) atoms. The van der Waals surface area contributed by atoms with E-state index in [1.54, 1.807) is 13.0 Å². The van der Waals surface area contributed by atoms with Crippen LogP contribution in [0.2, 0.25) is 5.02 Å². The number of nitrogens with zero attached hydrogens (tertiary/aromatic N) is 4. The monoisotopic (exact) mass is 493 g/mol. The molecule has 0 radical (unpaired) electrons. The third kappa shape index (κ3) is 5.27. The Morgan fingerprint density at radius 1 is 1.09 bits per heavy atom. The highest BCUT2D eigenvalue weighted by Crippen LogP contribution is 2.31. The SMILES string of the molecule is Cc1cccc(-c2nnc(S[C@@H](C)C(=O)Nc3ccc([N+](=O)[O-])cc3)n2-c2cccc(Cl)c2)c1. The molecule has 1 N–H and O–H groups in total. The summed E-state index contributed by atoms with van der Waals surface area (Å²) in [5.41, 5.74) is 3.18. The van der Waals surface area contributed by atoms with Gasteiger partial charge in [0.05, 0.1) is 15.9 Å². The second-order valence-electron chi connectivity index (χ2n) is 7.54. The summed E-state index contributed by atoms with van der Waals surface area (Å²) in [6, 6.07) is 21.0. The van der Waals surface area contributed by atoms with Crippen molar-refractivity contribution in [1.82, 2.24) is 14.8 Å². The second-order valence-corrected chi connectivity index (χ2v) is 9.29. The summed E-state index contributed by atoms with van der Waals surface area (Å²) < 4.78 is 1.88. The van der Waals surface area contributed by atoms with Crippen molar-refractivity contribution >= 4 is 40.6 Å². The lowest BCUT2D eigenvalue weighted by molar-refractivity contribution is -0.384. The molecule has 0 aliphatic rings. The van der Waals surface area contributed by atoms with E-state index in [0.717, 1.165) is 16.8 Å². The highest BCUT2D eigenvalue weighted by atomic mass is 35.5. The number of thioether (sulfide) groups is 1. The number of aromatic nitrogens is 3. The van der Waals surface area contributed by atoms with Gasteiger partial charge in [-0.1, -0.05) is 53.2 Å². The predicted molar refractivity (Wildman–Crippen MR) is 134 cm³/mol. The van der Waals surface area contributed by atoms with Crippen molar-refractivity contribution < 1.29 is 9.72 Å². The molecule has 0 unspecified atom stereocenters. The molecule has 0 aliphatic heterocycles. The number of hydrogen-bond acceptors (Lipinski definition) is 6. The first-order chi connectivity index (χ1) is 16.3. The van der Waals surface area contributed by atoms with E-state index in [1.165, 1.54) is 36.0 Å². The summed E-state index contributed by atoms with van der Waals surface area (Å²) in [6.45, 7) is 3.76. The third-order valence-electron chi connectivity index (χ3n) is 4.97. The van der Waals surface area contributed by atoms with Gasteiger partial charge in [-0.3, -0.25) is 19.5 Å². The molecule has 1 aromatic heterocycles. The first-order valence-corrected chi connectivity index (χ1v) is 11.6. The Kier molecular flexibility index (Phi) is 6.95. The van der Waals surface area contributed by atoms with Crippen LogP contribution in [-0.4, -0.2) is 30.8 Å². The minimum Gasteiger partial charge on any atom is -0.325 e. The van der Waals surface area contributed by atoms with Crippen LogP contribution < -0.4 is 5.32 Å². The van der Waals surface area contributed by atoms with Crippen molar-refractivity contribution in [2.45, 2.75) is 24.3 Å². The molecule has 10 heteroatoms. The maximum Gasteiger partial charge on any atom is 0.269 e. The van der Waals surface area contributed by atoms with Gasteiger partial charge in [-0.15, -0.1) is 10.2 Å². The van der Waals surface area contributed by atoms with Crippen LogP contribution in [0.3, 0.4) is 0 Å². The zero-order chi connectivity index (χ0) is 24.2. The standard InChI is InChI=1S/C24H20ClN5O3S/c1-15-5-3-6-17(13-15)22-27-28-24(29(22)21-8-4-7-18(25)14-21)34-16(2)23(31)26-19-9-11-20(12-10-19)30(32)33/h3-14,16H,1-2H3,(H,26,31)/t16-/m0/s1. The van der Waals surface area contributed by atoms with Crippen molar-refractivity contribution in [3.05, 3.63) is 93.5 Å². The molecule has 0 bridgehead atoms. The largest absolute Gasteiger partial charge is 0.325 e. The molecule has 0 saturated carbocycles. The zero-order valence-electron chi connectivity index (χ0n) is 18.3. The first-order valence-electron chi connectivity index (χ1n) is 10.3. The Labute approximate surface area is 205 Å². The van der Waals surface area contributed by atoms with Crippen LogP contribution in [0.4, 0.5) is 11.4 Å². The van der Waals surface area contributed by atoms with Crippen molar-refractivity contribution in [2.24, 2.45) is 0 Å². The van der Waals surface area contributed by atoms with E-state index in [9.17, 15) is 14.9 Å². The van der Waals surface area contributed by atoms with E-state index in [1.807, 2.05) is 54.0 Å². The minimum atomic E-state index is -0.525. The normalized spacial score (nSPS) is 11.7. The van der Waals surface area contributed by atoms with Gasteiger partial charge in [0.15, 0.2) is 11.0 Å². The fourth-order valence-electron chi connectivity index (χ4n) is 3.29. The van der Waals surface area contributed by atoms with Crippen LogP contribution in [0.5, 0.6) is 0 Å². The fourth-order valence-corrected chi connectivity index (χ4v) is 4.34. The number of nitro benzene ring substituents is 1. The summed E-state index contributed by atoms with van der Waals surface area (Å²) in [5, 5.41) is 23.0. The number of rotatable bonds is 7. The molecular weight excluding hydrogens is 474 g/mol. The smallest absolute Gasteiger partial charge is 0.269 e. The van der Waals surface area contributed by atoms with Gasteiger partial charge in [0.2, 0.25) is 5.91 Å². The number of aryl methyl sites for hydroxylation is 1. The molecule has 4 aromatic rings. The molecule has 0 aliphatic carbocycles. The lowest BCUT2D eigenvalue weighted by Crippen LogP contribution is -2.22. The fraction of sp³-hybridized carbons (Fsp3) is 0.125. The van der Waals surface area contributed by atoms with E-state index in [0.29, 0.717) is 21.7 Å². The molecule has 0 saturated heterocycles. The Balaban J connectivity index is 1.62. The Bertz CT molecular complexity index is 1360. The van der Waals surface area contributed by atoms with Crippen LogP contribution in [-0.2, 0) is 4.79 Å². The van der Waals surface area contributed by atoms with Gasteiger partial charge in [0.25, 0.3) is 5.69 Å². The molecule has 0 spiro atoms. The van der Waals surface area contributed by atoms with Gasteiger partial charge in [-0.05, 0) is 50.2 Å². The van der Waals surface area contributed by atoms with Gasteiger partial charge in [-0.25, -0.2) is 0 Å². The van der Waals surface area contributed by atoms with E-state index < -0.39 is 10.2 Å². The number of hydrogen-bond donors (Lipinski definition) is 1. The highest BCUT2D eigenvalue weighted by molar-refractivity contribution is 8.00. The number of benzene rings is 3. The van der Waals surface area contributed by atoms with Gasteiger partial charge < -0.3 is 5.32 Å². The molecule has 8 nitrogen and oxygen atoms in total. The third-order valence-corrected chi connectivity index (χ3v) is 6.25. The molecule has 172 valence electrons. The maximum absolute atomic E-state index is 12.8. The molecule has 4 rings (SSSR count). The van der Waals surface area contributed by atoms with Gasteiger partial charge in [0, 0.05) is 28.4 Å². The summed E-state index contributed by atoms with van der Waals surface area (Å²) >= 11 is 7.50. The molecule has 1 atom stereocenters. The predicted octanol–water partition coefficient (Wildman–Crippen LogP) is 5.92. The summed E-state index contributed by atoms with van der Waals surface area (Å²) in [7, 11) is 0. The second kappa shape index (κ2) is 10.1. The van der Waals surface area contributed by atoms with E-state index in [-0.39, 0.29) is 11.6 Å². The number of halogens is 1. The van der Waals surface area contributed by atoms with Crippen molar-refractivity contribution in [3.63, 3.8) is 0 Å². The molecule has 0 fully saturated rings. The van der Waals surface area contributed by atoms with Crippen LogP contribution in [0, 0.1) is 17.0 Å². The summed E-state index contributed by atoms with van der Waals surface area (Å²) in [6.07, 6.45) is 0. The Morgan fingerprint density at radius 2 is 1.82 bits per heavy atom. The summed E-state index contributed by atoms with van der Waals surface area (Å²) in [5.74, 6) is 0.369. The van der Waals surface area contributed by atoms with Crippen LogP contribution in [0.15, 0.2) is 78.0 Å². The molecular formula is C24H20ClN5O3S. The number of carbonyl (C=O) groups is 1. The molecule has 1 heterocycles. The highest BCUT2D eigenvalue weighted by Gasteiger charge is 2.22. The minimum absolute atomic E-state index is 0.0428. The van der Waals surface area contributed by atoms with Gasteiger partial charge >= 0.3 is 0 Å². The molecule has 3 aromatic carbocycles. The number of anilines is 1. The zero-order valence-corrected chi connectivity index (χ0v) is 19.9. The average Bonchev–Trinajstić information content (AvgIpc) is 3.23.